The lowest BCUT2D eigenvalue weighted by molar-refractivity contribution is 0.0797. The Morgan fingerprint density at radius 3 is 2.55 bits per heavy atom. The van der Waals surface area contributed by atoms with Crippen LogP contribution in [-0.2, 0) is 0 Å². The van der Waals surface area contributed by atoms with Gasteiger partial charge >= 0.3 is 0 Å². The second-order valence-electron chi connectivity index (χ2n) is 6.02. The Balaban J connectivity index is 1.94. The van der Waals surface area contributed by atoms with Crippen LogP contribution in [0.1, 0.15) is 43.5 Å². The molecule has 1 aromatic carbocycles. The Bertz CT molecular complexity index is 467. The first-order chi connectivity index (χ1) is 9.50. The molecule has 1 N–H and O–H groups in total. The van der Waals surface area contributed by atoms with Gasteiger partial charge in [-0.3, -0.25) is 9.69 Å². The van der Waals surface area contributed by atoms with Crippen LogP contribution in [0.4, 0.5) is 0 Å². The Hall–Kier alpha value is -1.06. The van der Waals surface area contributed by atoms with Crippen LogP contribution in [0.25, 0.3) is 0 Å². The number of amides is 1. The van der Waals surface area contributed by atoms with Crippen LogP contribution in [0, 0.1) is 0 Å². The molecule has 4 heteroatoms. The molecule has 1 aliphatic rings. The van der Waals surface area contributed by atoms with Crippen molar-refractivity contribution in [2.45, 2.75) is 38.6 Å². The minimum absolute atomic E-state index is 0.0165. The minimum atomic E-state index is -0.0966. The third kappa shape index (κ3) is 3.74. The summed E-state index contributed by atoms with van der Waals surface area (Å²) >= 11 is 6.05. The molecule has 1 heterocycles. The molecule has 0 bridgehead atoms. The van der Waals surface area contributed by atoms with Gasteiger partial charge in [-0.2, -0.15) is 0 Å². The van der Waals surface area contributed by atoms with Gasteiger partial charge in [0.1, 0.15) is 0 Å². The van der Waals surface area contributed by atoms with E-state index in [9.17, 15) is 4.79 Å². The number of hydrogen-bond acceptors (Lipinski definition) is 2. The molecule has 0 aliphatic carbocycles. The van der Waals surface area contributed by atoms with E-state index in [1.165, 1.54) is 19.3 Å². The Morgan fingerprint density at radius 1 is 1.25 bits per heavy atom. The molecule has 0 radical (unpaired) electrons. The molecule has 2 rings (SSSR count). The average Bonchev–Trinajstić information content (AvgIpc) is 2.46. The van der Waals surface area contributed by atoms with Crippen molar-refractivity contribution in [1.82, 2.24) is 10.2 Å². The maximum absolute atomic E-state index is 12.2. The highest BCUT2D eigenvalue weighted by atomic mass is 35.5. The van der Waals surface area contributed by atoms with Gasteiger partial charge in [-0.05, 0) is 51.9 Å². The fourth-order valence-electron chi connectivity index (χ4n) is 2.65. The number of piperidine rings is 1. The zero-order chi connectivity index (χ0) is 14.6. The maximum Gasteiger partial charge on any atom is 0.252 e. The minimum Gasteiger partial charge on any atom is -0.350 e. The summed E-state index contributed by atoms with van der Waals surface area (Å²) in [4.78, 5) is 14.6. The predicted octanol–water partition coefficient (Wildman–Crippen LogP) is 3.33. The number of rotatable bonds is 4. The van der Waals surface area contributed by atoms with E-state index in [4.69, 9.17) is 11.6 Å². The number of hydrogen-bond donors (Lipinski definition) is 1. The van der Waals surface area contributed by atoms with Crippen molar-refractivity contribution in [3.63, 3.8) is 0 Å². The first kappa shape index (κ1) is 15.3. The van der Waals surface area contributed by atoms with Crippen LogP contribution >= 0.6 is 11.6 Å². The second kappa shape index (κ2) is 6.59. The van der Waals surface area contributed by atoms with E-state index in [-0.39, 0.29) is 11.4 Å². The Morgan fingerprint density at radius 2 is 1.90 bits per heavy atom. The molecule has 1 aromatic rings. The number of likely N-dealkylation sites (tertiary alicyclic amines) is 1. The summed E-state index contributed by atoms with van der Waals surface area (Å²) in [5.41, 5.74) is 0.528. The quantitative estimate of drug-likeness (QED) is 0.924. The molecule has 1 fully saturated rings. The largest absolute Gasteiger partial charge is 0.350 e. The monoisotopic (exact) mass is 294 g/mol. The van der Waals surface area contributed by atoms with E-state index in [1.54, 1.807) is 12.1 Å². The van der Waals surface area contributed by atoms with Crippen molar-refractivity contribution in [2.24, 2.45) is 0 Å². The van der Waals surface area contributed by atoms with Crippen LogP contribution in [0.15, 0.2) is 24.3 Å². The predicted molar refractivity (Wildman–Crippen MR) is 83.3 cm³/mol. The second-order valence-corrected chi connectivity index (χ2v) is 6.43. The summed E-state index contributed by atoms with van der Waals surface area (Å²) in [6.07, 6.45) is 3.82. The number of carbonyl (C=O) groups is 1. The highest BCUT2D eigenvalue weighted by Gasteiger charge is 2.28. The Kier molecular flexibility index (Phi) is 5.06. The van der Waals surface area contributed by atoms with Crippen LogP contribution in [0.2, 0.25) is 5.02 Å². The van der Waals surface area contributed by atoms with Crippen molar-refractivity contribution < 1.29 is 4.79 Å². The fraction of sp³-hybridized carbons (Fsp3) is 0.562. The van der Waals surface area contributed by atoms with E-state index < -0.39 is 0 Å². The number of carbonyl (C=O) groups excluding carboxylic acids is 1. The molecule has 0 unspecified atom stereocenters. The van der Waals surface area contributed by atoms with E-state index in [0.717, 1.165) is 13.1 Å². The van der Waals surface area contributed by atoms with Crippen LogP contribution in [-0.4, -0.2) is 36.0 Å². The summed E-state index contributed by atoms with van der Waals surface area (Å²) in [7, 11) is 0. The van der Waals surface area contributed by atoms with Crippen molar-refractivity contribution in [2.75, 3.05) is 19.6 Å². The fourth-order valence-corrected chi connectivity index (χ4v) is 2.87. The number of halogens is 1. The number of nitrogens with one attached hydrogen (secondary N) is 1. The van der Waals surface area contributed by atoms with Crippen molar-refractivity contribution in [3.05, 3.63) is 34.9 Å². The van der Waals surface area contributed by atoms with Gasteiger partial charge in [-0.25, -0.2) is 0 Å². The molecular weight excluding hydrogens is 272 g/mol. The highest BCUT2D eigenvalue weighted by Crippen LogP contribution is 2.20. The van der Waals surface area contributed by atoms with E-state index in [2.05, 4.69) is 24.1 Å². The first-order valence-electron chi connectivity index (χ1n) is 7.28. The van der Waals surface area contributed by atoms with Gasteiger partial charge in [0.05, 0.1) is 10.6 Å². The zero-order valence-corrected chi connectivity index (χ0v) is 13.0. The zero-order valence-electron chi connectivity index (χ0n) is 12.3. The van der Waals surface area contributed by atoms with Crippen molar-refractivity contribution in [3.8, 4) is 0 Å². The summed E-state index contributed by atoms with van der Waals surface area (Å²) in [6.45, 7) is 7.25. The lowest BCUT2D eigenvalue weighted by atomic mass is 9.98. The van der Waals surface area contributed by atoms with Crippen molar-refractivity contribution in [1.29, 1.82) is 0 Å². The van der Waals surface area contributed by atoms with Gasteiger partial charge < -0.3 is 5.32 Å². The molecule has 1 saturated heterocycles. The molecular formula is C16H23ClN2O. The van der Waals surface area contributed by atoms with E-state index in [1.807, 2.05) is 12.1 Å². The van der Waals surface area contributed by atoms with Gasteiger partial charge in [0.2, 0.25) is 0 Å². The summed E-state index contributed by atoms with van der Waals surface area (Å²) < 4.78 is 0. The molecule has 3 nitrogen and oxygen atoms in total. The van der Waals surface area contributed by atoms with E-state index >= 15 is 0 Å². The molecule has 110 valence electrons. The maximum atomic E-state index is 12.2. The molecule has 0 saturated carbocycles. The SMILES string of the molecule is CC(C)(CNC(=O)c1ccccc1Cl)N1CCCCC1. The average molecular weight is 295 g/mol. The van der Waals surface area contributed by atoms with Crippen LogP contribution < -0.4 is 5.32 Å². The lowest BCUT2D eigenvalue weighted by Gasteiger charge is -2.41. The lowest BCUT2D eigenvalue weighted by Crippen LogP contribution is -2.53. The molecule has 0 spiro atoms. The highest BCUT2D eigenvalue weighted by molar-refractivity contribution is 6.33. The van der Waals surface area contributed by atoms with Crippen LogP contribution in [0.3, 0.4) is 0 Å². The third-order valence-electron chi connectivity index (χ3n) is 4.01. The van der Waals surface area contributed by atoms with Gasteiger partial charge in [-0.1, -0.05) is 30.2 Å². The Labute approximate surface area is 126 Å². The number of nitrogens with zero attached hydrogens (tertiary/aromatic N) is 1. The standard InChI is InChI=1S/C16H23ClN2O/c1-16(2,19-10-6-3-7-11-19)12-18-15(20)13-8-4-5-9-14(13)17/h4-5,8-9H,3,6-7,10-12H2,1-2H3,(H,18,20). The molecule has 1 aliphatic heterocycles. The van der Waals surface area contributed by atoms with Gasteiger partial charge in [0, 0.05) is 12.1 Å². The van der Waals surface area contributed by atoms with E-state index in [0.29, 0.717) is 17.1 Å². The van der Waals surface area contributed by atoms with Gasteiger partial charge in [-0.15, -0.1) is 0 Å². The van der Waals surface area contributed by atoms with Gasteiger partial charge in [0.25, 0.3) is 5.91 Å². The summed E-state index contributed by atoms with van der Waals surface area (Å²) in [5.74, 6) is -0.0966. The first-order valence-corrected chi connectivity index (χ1v) is 7.66. The smallest absolute Gasteiger partial charge is 0.252 e. The molecule has 20 heavy (non-hydrogen) atoms. The normalized spacial score (nSPS) is 16.9. The molecule has 0 aromatic heterocycles. The van der Waals surface area contributed by atoms with Crippen molar-refractivity contribution >= 4 is 17.5 Å². The number of benzene rings is 1. The third-order valence-corrected chi connectivity index (χ3v) is 4.34. The summed E-state index contributed by atoms with van der Waals surface area (Å²) in [6, 6.07) is 7.16. The topological polar surface area (TPSA) is 32.3 Å². The van der Waals surface area contributed by atoms with Gasteiger partial charge in [0.15, 0.2) is 0 Å². The summed E-state index contributed by atoms with van der Waals surface area (Å²) in [5, 5.41) is 3.51. The molecule has 1 amide bonds. The van der Waals surface area contributed by atoms with Crippen LogP contribution in [0.5, 0.6) is 0 Å². The molecule has 0 atom stereocenters.